The summed E-state index contributed by atoms with van der Waals surface area (Å²) in [5.74, 6) is 0.0398. The van der Waals surface area contributed by atoms with Crippen molar-refractivity contribution in [3.8, 4) is 0 Å². The molecule has 1 rings (SSSR count). The first kappa shape index (κ1) is 14.4. The Balaban J connectivity index is 3.19. The maximum Gasteiger partial charge on any atom is 0.346 e. The molecule has 0 aliphatic rings. The number of hydrogen-bond donors (Lipinski definition) is 1. The van der Waals surface area contributed by atoms with E-state index in [1.165, 1.54) is 0 Å². The van der Waals surface area contributed by atoms with E-state index in [9.17, 15) is 9.59 Å². The molecule has 5 nitrogen and oxygen atoms in total. The average Bonchev–Trinajstić information content (AvgIpc) is 2.12. The number of ether oxygens (including phenoxy) is 1. The highest BCUT2D eigenvalue weighted by Gasteiger charge is 2.23. The van der Waals surface area contributed by atoms with E-state index >= 15 is 0 Å². The van der Waals surface area contributed by atoms with Gasteiger partial charge in [-0.3, -0.25) is 4.79 Å². The molecule has 1 aromatic rings. The zero-order valence-electron chi connectivity index (χ0n) is 11.7. The molecule has 100 valence electrons. The first-order valence-electron chi connectivity index (χ1n) is 5.96. The standard InChI is InChI=1S/C13H20N2O3/c1-7(2)10-14-8(3)9(11(16)15-10)12(17)18-13(4,5)6/h7H,1-6H3,(H,14,15,16). The Morgan fingerprint density at radius 3 is 2.28 bits per heavy atom. The Labute approximate surface area is 107 Å². The van der Waals surface area contributed by atoms with E-state index in [0.29, 0.717) is 11.5 Å². The predicted molar refractivity (Wildman–Crippen MR) is 68.9 cm³/mol. The van der Waals surface area contributed by atoms with Crippen molar-refractivity contribution in [2.45, 2.75) is 53.1 Å². The second-order valence-corrected chi connectivity index (χ2v) is 5.57. The van der Waals surface area contributed by atoms with Crippen LogP contribution in [-0.4, -0.2) is 21.5 Å². The molecule has 0 unspecified atom stereocenters. The number of carbonyl (C=O) groups is 1. The van der Waals surface area contributed by atoms with E-state index in [0.717, 1.165) is 0 Å². The Bertz CT molecular complexity index is 510. The lowest BCUT2D eigenvalue weighted by atomic mass is 10.1. The van der Waals surface area contributed by atoms with Crippen molar-refractivity contribution in [3.05, 3.63) is 27.4 Å². The van der Waals surface area contributed by atoms with Crippen molar-refractivity contribution >= 4 is 5.97 Å². The number of rotatable bonds is 2. The van der Waals surface area contributed by atoms with E-state index in [2.05, 4.69) is 9.97 Å². The molecule has 18 heavy (non-hydrogen) atoms. The highest BCUT2D eigenvalue weighted by Crippen LogP contribution is 2.13. The van der Waals surface area contributed by atoms with E-state index < -0.39 is 17.1 Å². The van der Waals surface area contributed by atoms with Gasteiger partial charge in [0.25, 0.3) is 5.56 Å². The topological polar surface area (TPSA) is 72.0 Å². The van der Waals surface area contributed by atoms with Gasteiger partial charge in [0.1, 0.15) is 17.0 Å². The molecule has 0 saturated heterocycles. The fourth-order valence-corrected chi connectivity index (χ4v) is 1.45. The summed E-state index contributed by atoms with van der Waals surface area (Å²) < 4.78 is 5.19. The smallest absolute Gasteiger partial charge is 0.346 e. The summed E-state index contributed by atoms with van der Waals surface area (Å²) in [5, 5.41) is 0. The van der Waals surface area contributed by atoms with E-state index in [1.807, 2.05) is 13.8 Å². The summed E-state index contributed by atoms with van der Waals surface area (Å²) in [6.45, 7) is 10.7. The van der Waals surface area contributed by atoms with Crippen LogP contribution >= 0.6 is 0 Å². The molecule has 0 amide bonds. The molecule has 0 spiro atoms. The maximum atomic E-state index is 11.9. The molecule has 0 saturated carbocycles. The molecule has 5 heteroatoms. The summed E-state index contributed by atoms with van der Waals surface area (Å²) in [6.07, 6.45) is 0. The number of carbonyl (C=O) groups excluding carboxylic acids is 1. The molecular formula is C13H20N2O3. The molecule has 0 aliphatic heterocycles. The van der Waals surface area contributed by atoms with Gasteiger partial charge in [-0.2, -0.15) is 0 Å². The van der Waals surface area contributed by atoms with Gasteiger partial charge in [-0.1, -0.05) is 13.8 Å². The Morgan fingerprint density at radius 2 is 1.89 bits per heavy atom. The number of aryl methyl sites for hydroxylation is 1. The molecule has 0 aromatic carbocycles. The predicted octanol–water partition coefficient (Wildman–Crippen LogP) is 2.16. The first-order valence-corrected chi connectivity index (χ1v) is 5.96. The third kappa shape index (κ3) is 3.42. The van der Waals surface area contributed by atoms with Gasteiger partial charge in [-0.15, -0.1) is 0 Å². The van der Waals surface area contributed by atoms with Crippen LogP contribution in [0.25, 0.3) is 0 Å². The second-order valence-electron chi connectivity index (χ2n) is 5.57. The van der Waals surface area contributed by atoms with E-state index in [4.69, 9.17) is 4.74 Å². The molecule has 1 N–H and O–H groups in total. The number of H-pyrrole nitrogens is 1. The van der Waals surface area contributed by atoms with Gasteiger partial charge in [0.2, 0.25) is 0 Å². The normalized spacial score (nSPS) is 11.7. The van der Waals surface area contributed by atoms with Gasteiger partial charge in [-0.05, 0) is 27.7 Å². The highest BCUT2D eigenvalue weighted by atomic mass is 16.6. The lowest BCUT2D eigenvalue weighted by Gasteiger charge is -2.19. The number of nitrogens with zero attached hydrogens (tertiary/aromatic N) is 1. The number of aromatic nitrogens is 2. The zero-order chi connectivity index (χ0) is 14.1. The van der Waals surface area contributed by atoms with E-state index in [-0.39, 0.29) is 11.5 Å². The summed E-state index contributed by atoms with van der Waals surface area (Å²) in [4.78, 5) is 30.6. The van der Waals surface area contributed by atoms with Crippen molar-refractivity contribution in [3.63, 3.8) is 0 Å². The van der Waals surface area contributed by atoms with Gasteiger partial charge in [0, 0.05) is 5.92 Å². The van der Waals surface area contributed by atoms with Crippen LogP contribution in [0.15, 0.2) is 4.79 Å². The third-order valence-electron chi connectivity index (χ3n) is 2.27. The molecule has 0 aliphatic carbocycles. The fraction of sp³-hybridized carbons (Fsp3) is 0.615. The monoisotopic (exact) mass is 252 g/mol. The summed E-state index contributed by atoms with van der Waals surface area (Å²) in [5.41, 5.74) is -0.696. The molecular weight excluding hydrogens is 232 g/mol. The highest BCUT2D eigenvalue weighted by molar-refractivity contribution is 5.90. The van der Waals surface area contributed by atoms with Crippen molar-refractivity contribution in [2.24, 2.45) is 0 Å². The van der Waals surface area contributed by atoms with Crippen LogP contribution in [0.2, 0.25) is 0 Å². The van der Waals surface area contributed by atoms with Gasteiger partial charge >= 0.3 is 5.97 Å². The van der Waals surface area contributed by atoms with Crippen molar-refractivity contribution in [2.75, 3.05) is 0 Å². The summed E-state index contributed by atoms with van der Waals surface area (Å²) in [7, 11) is 0. The lowest BCUT2D eigenvalue weighted by Crippen LogP contribution is -2.30. The SMILES string of the molecule is Cc1nc(C(C)C)[nH]c(=O)c1C(=O)OC(C)(C)C. The van der Waals surface area contributed by atoms with Gasteiger partial charge in [0.15, 0.2) is 0 Å². The average molecular weight is 252 g/mol. The Hall–Kier alpha value is -1.65. The maximum absolute atomic E-state index is 11.9. The minimum absolute atomic E-state index is 0.0191. The van der Waals surface area contributed by atoms with Gasteiger partial charge in [-0.25, -0.2) is 9.78 Å². The van der Waals surface area contributed by atoms with Gasteiger partial charge in [0.05, 0.1) is 5.69 Å². The lowest BCUT2D eigenvalue weighted by molar-refractivity contribution is 0.00660. The molecule has 0 radical (unpaired) electrons. The van der Waals surface area contributed by atoms with Crippen LogP contribution in [0.3, 0.4) is 0 Å². The minimum Gasteiger partial charge on any atom is -0.456 e. The van der Waals surface area contributed by atoms with Crippen LogP contribution < -0.4 is 5.56 Å². The second kappa shape index (κ2) is 4.92. The first-order chi connectivity index (χ1) is 8.11. The summed E-state index contributed by atoms with van der Waals surface area (Å²) in [6, 6.07) is 0. The fourth-order valence-electron chi connectivity index (χ4n) is 1.45. The van der Waals surface area contributed by atoms with Gasteiger partial charge < -0.3 is 9.72 Å². The minimum atomic E-state index is -0.635. The molecule has 0 atom stereocenters. The van der Waals surface area contributed by atoms with Crippen LogP contribution in [0.4, 0.5) is 0 Å². The molecule has 0 fully saturated rings. The zero-order valence-corrected chi connectivity index (χ0v) is 11.7. The Kier molecular flexibility index (Phi) is 3.94. The molecule has 1 aromatic heterocycles. The number of esters is 1. The number of hydrogen-bond acceptors (Lipinski definition) is 4. The Morgan fingerprint density at radius 1 is 1.33 bits per heavy atom. The quantitative estimate of drug-likeness (QED) is 0.819. The van der Waals surface area contributed by atoms with Crippen LogP contribution in [0.1, 0.15) is 62.4 Å². The summed E-state index contributed by atoms with van der Waals surface area (Å²) >= 11 is 0. The van der Waals surface area contributed by atoms with Crippen LogP contribution in [0.5, 0.6) is 0 Å². The largest absolute Gasteiger partial charge is 0.456 e. The van der Waals surface area contributed by atoms with Crippen molar-refractivity contribution < 1.29 is 9.53 Å². The number of aromatic amines is 1. The molecule has 1 heterocycles. The number of nitrogens with one attached hydrogen (secondary N) is 1. The van der Waals surface area contributed by atoms with Crippen LogP contribution in [0, 0.1) is 6.92 Å². The van der Waals surface area contributed by atoms with E-state index in [1.54, 1.807) is 27.7 Å². The van der Waals surface area contributed by atoms with Crippen LogP contribution in [-0.2, 0) is 4.74 Å². The third-order valence-corrected chi connectivity index (χ3v) is 2.27. The van der Waals surface area contributed by atoms with Crippen molar-refractivity contribution in [1.82, 2.24) is 9.97 Å². The molecule has 0 bridgehead atoms. The van der Waals surface area contributed by atoms with Crippen molar-refractivity contribution in [1.29, 1.82) is 0 Å².